The van der Waals surface area contributed by atoms with E-state index in [2.05, 4.69) is 24.3 Å². The Labute approximate surface area is 158 Å². The first-order valence-electron chi connectivity index (χ1n) is 7.50. The fraction of sp³-hybridized carbons (Fsp3) is 0. The van der Waals surface area contributed by atoms with Gasteiger partial charge in [0.1, 0.15) is 0 Å². The summed E-state index contributed by atoms with van der Waals surface area (Å²) in [6.45, 7) is 0. The van der Waals surface area contributed by atoms with Crippen LogP contribution in [-0.4, -0.2) is 38.3 Å². The van der Waals surface area contributed by atoms with Gasteiger partial charge in [0.25, 0.3) is 0 Å². The molecule has 0 aliphatic heterocycles. The maximum atomic E-state index is 10.8. The van der Waals surface area contributed by atoms with E-state index in [1.54, 1.807) is 12.1 Å². The predicted molar refractivity (Wildman–Crippen MR) is 104 cm³/mol. The molecule has 124 valence electrons. The average molecular weight is 460 g/mol. The summed E-state index contributed by atoms with van der Waals surface area (Å²) in [4.78, 5) is 15.2. The molecule has 0 aliphatic rings. The summed E-state index contributed by atoms with van der Waals surface area (Å²) in [5.41, 5.74) is 0.846. The number of nitro benzene ring substituents is 1. The number of benzene rings is 3. The van der Waals surface area contributed by atoms with E-state index in [0.717, 1.165) is 9.20 Å². The van der Waals surface area contributed by atoms with E-state index >= 15 is 0 Å². The van der Waals surface area contributed by atoms with Crippen LogP contribution in [0.5, 0.6) is 0 Å². The van der Waals surface area contributed by atoms with Gasteiger partial charge in [-0.2, -0.15) is 0 Å². The molecule has 0 atom stereocenters. The monoisotopic (exact) mass is 462 g/mol. The number of hydrogen-bond acceptors (Lipinski definition) is 3. The number of rotatable bonds is 6. The minimum atomic E-state index is -0.393. The molecule has 0 spiro atoms. The van der Waals surface area contributed by atoms with Gasteiger partial charge >= 0.3 is 159 Å². The van der Waals surface area contributed by atoms with Crippen molar-refractivity contribution < 1.29 is 4.92 Å². The van der Waals surface area contributed by atoms with Crippen LogP contribution in [0, 0.1) is 10.1 Å². The Morgan fingerprint density at radius 1 is 0.760 bits per heavy atom. The Morgan fingerprint density at radius 2 is 1.24 bits per heavy atom. The van der Waals surface area contributed by atoms with Gasteiger partial charge in [0.05, 0.1) is 0 Å². The van der Waals surface area contributed by atoms with Crippen LogP contribution in [0.25, 0.3) is 0 Å². The third-order valence-electron chi connectivity index (χ3n) is 3.18. The summed E-state index contributed by atoms with van der Waals surface area (Å²) >= 11 is 0.248. The molecule has 0 radical (unpaired) electrons. The third-order valence-corrected chi connectivity index (χ3v) is 8.24. The number of hydrogen-bond donors (Lipinski definition) is 0. The van der Waals surface area contributed by atoms with Crippen molar-refractivity contribution >= 4 is 53.7 Å². The zero-order valence-electron chi connectivity index (χ0n) is 13.1. The second-order valence-corrected chi connectivity index (χ2v) is 10.7. The molecule has 0 amide bonds. The molecule has 0 saturated carbocycles. The van der Waals surface area contributed by atoms with Gasteiger partial charge in [-0.3, -0.25) is 0 Å². The summed E-state index contributed by atoms with van der Waals surface area (Å²) in [5, 5.41) is 10.8. The molecule has 0 bridgehead atoms. The van der Waals surface area contributed by atoms with Gasteiger partial charge in [-0.25, -0.2) is 0 Å². The first-order valence-corrected chi connectivity index (χ1v) is 10.9. The number of nitrogens with zero attached hydrogens (tertiary/aromatic N) is 2. The van der Waals surface area contributed by atoms with Crippen molar-refractivity contribution in [1.82, 2.24) is 0 Å². The van der Waals surface area contributed by atoms with Gasteiger partial charge in [0.2, 0.25) is 0 Å². The average Bonchev–Trinajstić information content (AvgIpc) is 2.64. The van der Waals surface area contributed by atoms with Crippen molar-refractivity contribution in [3.63, 3.8) is 0 Å². The van der Waals surface area contributed by atoms with E-state index in [1.807, 2.05) is 36.4 Å². The molecule has 0 aliphatic carbocycles. The Kier molecular flexibility index (Phi) is 6.15. The van der Waals surface area contributed by atoms with Crippen molar-refractivity contribution in [2.24, 2.45) is 4.99 Å². The van der Waals surface area contributed by atoms with Crippen LogP contribution in [-0.2, 0) is 0 Å². The Morgan fingerprint density at radius 3 is 1.68 bits per heavy atom. The van der Waals surface area contributed by atoms with E-state index in [1.165, 1.54) is 21.1 Å². The van der Waals surface area contributed by atoms with E-state index in [4.69, 9.17) is 4.99 Å². The van der Waals surface area contributed by atoms with Crippen LogP contribution in [0.15, 0.2) is 89.9 Å². The zero-order valence-corrected chi connectivity index (χ0v) is 16.5. The van der Waals surface area contributed by atoms with Gasteiger partial charge in [0.15, 0.2) is 0 Å². The van der Waals surface area contributed by atoms with Gasteiger partial charge in [-0.1, -0.05) is 0 Å². The molecule has 3 aromatic rings. The maximum absolute atomic E-state index is 10.8. The minimum absolute atomic E-state index is 0.0858. The Balaban J connectivity index is 1.87. The Bertz CT molecular complexity index is 823. The van der Waals surface area contributed by atoms with Crippen LogP contribution in [0.2, 0.25) is 0 Å². The molecule has 0 unspecified atom stereocenters. The second-order valence-electron chi connectivity index (χ2n) is 4.98. The van der Waals surface area contributed by atoms with Crippen molar-refractivity contribution in [3.8, 4) is 0 Å². The van der Waals surface area contributed by atoms with Gasteiger partial charge in [-0.15, -0.1) is 0 Å². The van der Waals surface area contributed by atoms with Crippen molar-refractivity contribution in [1.29, 1.82) is 0 Å². The molecule has 0 N–H and O–H groups in total. The third kappa shape index (κ3) is 5.38. The summed E-state index contributed by atoms with van der Waals surface area (Å²) in [6.07, 6.45) is 0. The first-order chi connectivity index (χ1) is 12.2. The molecule has 3 rings (SSSR count). The normalized spacial score (nSPS) is 10.2. The van der Waals surface area contributed by atoms with Crippen LogP contribution >= 0.6 is 0 Å². The van der Waals surface area contributed by atoms with Crippen molar-refractivity contribution in [2.45, 2.75) is 0 Å². The van der Waals surface area contributed by atoms with Crippen LogP contribution in [0.3, 0.4) is 0 Å². The zero-order chi connectivity index (χ0) is 17.5. The summed E-state index contributed by atoms with van der Waals surface area (Å²) in [5.74, 6) is 0. The van der Waals surface area contributed by atoms with Gasteiger partial charge in [-0.05, 0) is 0 Å². The number of aliphatic imine (C=N–C) groups is 1. The molecule has 25 heavy (non-hydrogen) atoms. The molecule has 0 aromatic heterocycles. The quantitative estimate of drug-likeness (QED) is 0.246. The van der Waals surface area contributed by atoms with E-state index < -0.39 is 4.92 Å². The topological polar surface area (TPSA) is 55.5 Å². The SMILES string of the molecule is O=[N+]([O-])c1ccc(N=C([Se]c2ccccc2)[Se]c2ccccc2)cc1. The van der Waals surface area contributed by atoms with Crippen LogP contribution in [0.4, 0.5) is 11.4 Å². The predicted octanol–water partition coefficient (Wildman–Crippen LogP) is 2.64. The van der Waals surface area contributed by atoms with E-state index in [9.17, 15) is 10.1 Å². The van der Waals surface area contributed by atoms with Crippen LogP contribution in [0.1, 0.15) is 0 Å². The summed E-state index contributed by atoms with van der Waals surface area (Å²) < 4.78 is 3.69. The molecule has 0 heterocycles. The van der Waals surface area contributed by atoms with Crippen molar-refractivity contribution in [3.05, 3.63) is 95.0 Å². The van der Waals surface area contributed by atoms with E-state index in [0.29, 0.717) is 0 Å². The van der Waals surface area contributed by atoms with E-state index in [-0.39, 0.29) is 35.6 Å². The summed E-state index contributed by atoms with van der Waals surface area (Å²) in [7, 11) is 0. The fourth-order valence-corrected chi connectivity index (χ4v) is 7.35. The molecular formula is C19H14N2O2Se2. The van der Waals surface area contributed by atoms with Gasteiger partial charge < -0.3 is 0 Å². The first kappa shape index (κ1) is 17.6. The molecule has 0 fully saturated rings. The second kappa shape index (κ2) is 8.74. The number of nitro groups is 1. The fourth-order valence-electron chi connectivity index (χ4n) is 2.00. The molecule has 4 nitrogen and oxygen atoms in total. The Hall–Kier alpha value is -2.23. The van der Waals surface area contributed by atoms with Crippen LogP contribution < -0.4 is 8.92 Å². The number of non-ortho nitro benzene ring substituents is 1. The molecule has 3 aromatic carbocycles. The molecule has 0 saturated heterocycles. The standard InChI is InChI=1S/C19H14N2O2Se2/c22-21(23)16-13-11-15(12-14-16)20-19(24-17-7-3-1-4-8-17)25-18-9-5-2-6-10-18/h1-14H. The van der Waals surface area contributed by atoms with Crippen molar-refractivity contribution in [2.75, 3.05) is 0 Å². The van der Waals surface area contributed by atoms with Gasteiger partial charge in [0, 0.05) is 0 Å². The molecule has 6 heteroatoms. The molecular weight excluding hydrogens is 446 g/mol. The summed E-state index contributed by atoms with van der Waals surface area (Å²) in [6, 6.07) is 27.1.